The Kier molecular flexibility index (Phi) is 8.77. The van der Waals surface area contributed by atoms with Crippen LogP contribution < -0.4 is 10.4 Å². The second-order valence-electron chi connectivity index (χ2n) is 10.5. The lowest BCUT2D eigenvalue weighted by molar-refractivity contribution is 0.0131. The summed E-state index contributed by atoms with van der Waals surface area (Å²) in [5, 5.41) is 21.6. The van der Waals surface area contributed by atoms with Gasteiger partial charge in [-0.25, -0.2) is 8.78 Å². The number of halogens is 2. The molecule has 0 saturated heterocycles. The van der Waals surface area contributed by atoms with Crippen molar-refractivity contribution in [2.24, 2.45) is 0 Å². The van der Waals surface area contributed by atoms with Crippen LogP contribution in [0.1, 0.15) is 67.5 Å². The lowest BCUT2D eigenvalue weighted by Crippen LogP contribution is -2.70. The lowest BCUT2D eigenvalue weighted by Gasteiger charge is -2.57. The summed E-state index contributed by atoms with van der Waals surface area (Å²) in [7, 11) is -1.75. The van der Waals surface area contributed by atoms with Crippen LogP contribution in [-0.2, 0) is 20.0 Å². The van der Waals surface area contributed by atoms with Gasteiger partial charge in [-0.3, -0.25) is 23.8 Å². The molecule has 1 aliphatic heterocycles. The molecule has 2 atom stereocenters. The molecule has 1 amide bonds. The van der Waals surface area contributed by atoms with Crippen molar-refractivity contribution in [3.63, 3.8) is 0 Å². The summed E-state index contributed by atoms with van der Waals surface area (Å²) < 4.78 is 54.2. The Morgan fingerprint density at radius 3 is 2.53 bits per heavy atom. The highest BCUT2D eigenvalue weighted by molar-refractivity contribution is 7.54. The first-order valence-corrected chi connectivity index (χ1v) is 16.6. The molecule has 5 rings (SSSR count). The summed E-state index contributed by atoms with van der Waals surface area (Å²) in [4.78, 5) is 28.9. The van der Waals surface area contributed by atoms with Crippen LogP contribution in [0, 0.1) is 11.6 Å². The molecular formula is C28H34F2N5O6PS. The fourth-order valence-electron chi connectivity index (χ4n) is 6.19. The van der Waals surface area contributed by atoms with E-state index in [1.165, 1.54) is 16.9 Å². The quantitative estimate of drug-likeness (QED) is 0.326. The van der Waals surface area contributed by atoms with Gasteiger partial charge >= 0.3 is 7.60 Å². The van der Waals surface area contributed by atoms with Gasteiger partial charge in [0.2, 0.25) is 5.43 Å². The SMILES string of the molecule is CCOP(=O)(OCC)C1CCCC2(C1)N(CC)C(=O)c1c(O)c(=O)c(-c3nnc(Cc4ccc(F)cc4F)s3)cn1N2C. The highest BCUT2D eigenvalue weighted by Crippen LogP contribution is 2.60. The van der Waals surface area contributed by atoms with Gasteiger partial charge in [0.05, 0.1) is 24.4 Å². The smallest absolute Gasteiger partial charge is 0.333 e. The van der Waals surface area contributed by atoms with E-state index >= 15 is 0 Å². The first-order chi connectivity index (χ1) is 20.5. The average molecular weight is 638 g/mol. The zero-order valence-corrected chi connectivity index (χ0v) is 26.1. The molecule has 2 unspecified atom stereocenters. The number of fused-ring (bicyclic) bond motifs is 1. The normalized spacial score (nSPS) is 20.6. The third kappa shape index (κ3) is 5.39. The Morgan fingerprint density at radius 2 is 1.88 bits per heavy atom. The van der Waals surface area contributed by atoms with Crippen molar-refractivity contribution in [3.8, 4) is 16.3 Å². The molecule has 0 bridgehead atoms. The summed E-state index contributed by atoms with van der Waals surface area (Å²) in [6.45, 7) is 6.03. The summed E-state index contributed by atoms with van der Waals surface area (Å²) in [5.41, 5.74) is -2.19. The number of pyridine rings is 1. The molecule has 3 aromatic rings. The van der Waals surface area contributed by atoms with Crippen molar-refractivity contribution >= 4 is 24.8 Å². The molecule has 3 heterocycles. The van der Waals surface area contributed by atoms with Crippen LogP contribution in [0.15, 0.2) is 29.2 Å². The summed E-state index contributed by atoms with van der Waals surface area (Å²) in [5.74, 6) is -2.68. The van der Waals surface area contributed by atoms with Crippen LogP contribution in [0.2, 0.25) is 0 Å². The Morgan fingerprint density at radius 1 is 1.16 bits per heavy atom. The number of rotatable bonds is 9. The first-order valence-electron chi connectivity index (χ1n) is 14.2. The van der Waals surface area contributed by atoms with Crippen molar-refractivity contribution in [1.29, 1.82) is 0 Å². The van der Waals surface area contributed by atoms with Gasteiger partial charge in [0.1, 0.15) is 22.3 Å². The zero-order valence-electron chi connectivity index (χ0n) is 24.4. The third-order valence-corrected chi connectivity index (χ3v) is 11.7. The average Bonchev–Trinajstić information content (AvgIpc) is 3.44. The number of aromatic nitrogens is 3. The van der Waals surface area contributed by atoms with Crippen LogP contribution in [0.3, 0.4) is 0 Å². The Hall–Kier alpha value is -3.19. The second kappa shape index (κ2) is 12.1. The van der Waals surface area contributed by atoms with E-state index in [9.17, 15) is 28.0 Å². The fraction of sp³-hybridized carbons (Fsp3) is 0.500. The van der Waals surface area contributed by atoms with E-state index in [-0.39, 0.29) is 54.4 Å². The van der Waals surface area contributed by atoms with E-state index in [1.54, 1.807) is 30.8 Å². The van der Waals surface area contributed by atoms with E-state index in [0.717, 1.165) is 23.5 Å². The molecule has 15 heteroatoms. The van der Waals surface area contributed by atoms with Gasteiger partial charge in [0.15, 0.2) is 16.5 Å². The van der Waals surface area contributed by atoms with Crippen molar-refractivity contribution in [1.82, 2.24) is 19.8 Å². The van der Waals surface area contributed by atoms with E-state index < -0.39 is 47.6 Å². The number of carbonyl (C=O) groups excluding carboxylic acids is 1. The number of hydrogen-bond acceptors (Lipinski definition) is 10. The predicted octanol–water partition coefficient (Wildman–Crippen LogP) is 4.89. The maximum Gasteiger partial charge on any atom is 0.333 e. The summed E-state index contributed by atoms with van der Waals surface area (Å²) in [6, 6.07) is 3.25. The van der Waals surface area contributed by atoms with Crippen LogP contribution >= 0.6 is 18.9 Å². The summed E-state index contributed by atoms with van der Waals surface area (Å²) >= 11 is 1.03. The molecule has 1 fully saturated rings. The van der Waals surface area contributed by atoms with Crippen LogP contribution in [0.5, 0.6) is 5.75 Å². The van der Waals surface area contributed by atoms with E-state index in [4.69, 9.17) is 9.05 Å². The molecule has 1 spiro atoms. The third-order valence-electron chi connectivity index (χ3n) is 8.15. The molecule has 1 aromatic carbocycles. The number of benzene rings is 1. The van der Waals surface area contributed by atoms with Crippen LogP contribution in [0.4, 0.5) is 8.78 Å². The number of amides is 1. The number of carbonyl (C=O) groups is 1. The highest BCUT2D eigenvalue weighted by Gasteiger charge is 2.55. The largest absolute Gasteiger partial charge is 0.502 e. The fourth-order valence-corrected chi connectivity index (χ4v) is 9.29. The standard InChI is InChI=1S/C28H34F2N5O6PS/c1-5-34-27(38)23-25(37)24(36)20(26-32-31-22(43-26)13-17-10-11-18(29)14-21(17)30)16-35(23)33(4)28(34)12-8-9-19(15-28)42(39,40-6-2)41-7-3/h10-11,14,16,19,37H,5-9,12-13,15H2,1-4H3. The topological polar surface area (TPSA) is 127 Å². The first kappa shape index (κ1) is 31.2. The number of hydrogen-bond donors (Lipinski definition) is 1. The molecule has 1 N–H and O–H groups in total. The monoisotopic (exact) mass is 637 g/mol. The maximum absolute atomic E-state index is 14.2. The molecule has 1 saturated carbocycles. The van der Waals surface area contributed by atoms with Gasteiger partial charge < -0.3 is 19.1 Å². The molecule has 2 aromatic heterocycles. The van der Waals surface area contributed by atoms with Crippen molar-refractivity contribution < 1.29 is 32.3 Å². The molecule has 1 aliphatic carbocycles. The van der Waals surface area contributed by atoms with Crippen molar-refractivity contribution in [2.75, 3.05) is 31.8 Å². The van der Waals surface area contributed by atoms with Gasteiger partial charge in [-0.15, -0.1) is 10.2 Å². The van der Waals surface area contributed by atoms with Crippen molar-refractivity contribution in [2.45, 2.75) is 64.2 Å². The van der Waals surface area contributed by atoms with Crippen LogP contribution in [0.25, 0.3) is 10.6 Å². The van der Waals surface area contributed by atoms with E-state index in [2.05, 4.69) is 10.2 Å². The second-order valence-corrected chi connectivity index (χ2v) is 13.9. The van der Waals surface area contributed by atoms with Gasteiger partial charge in [-0.05, 0) is 51.7 Å². The van der Waals surface area contributed by atoms with E-state index in [0.29, 0.717) is 24.3 Å². The maximum atomic E-state index is 14.2. The zero-order chi connectivity index (χ0) is 31.1. The van der Waals surface area contributed by atoms with Crippen LogP contribution in [-0.4, -0.2) is 68.9 Å². The minimum absolute atomic E-state index is 0.00555. The van der Waals surface area contributed by atoms with Gasteiger partial charge in [-0.1, -0.05) is 17.4 Å². The molecule has 11 nitrogen and oxygen atoms in total. The predicted molar refractivity (Wildman–Crippen MR) is 157 cm³/mol. The number of aromatic hydroxyl groups is 1. The summed E-state index contributed by atoms with van der Waals surface area (Å²) in [6.07, 6.45) is 3.53. The van der Waals surface area contributed by atoms with Crippen molar-refractivity contribution in [3.05, 3.63) is 62.5 Å². The van der Waals surface area contributed by atoms with Gasteiger partial charge in [0.25, 0.3) is 5.91 Å². The minimum Gasteiger partial charge on any atom is -0.502 e. The minimum atomic E-state index is -3.50. The Labute approximate surface area is 251 Å². The molecular weight excluding hydrogens is 603 g/mol. The Balaban J connectivity index is 1.56. The van der Waals surface area contributed by atoms with Gasteiger partial charge in [-0.2, -0.15) is 0 Å². The Bertz CT molecular complexity index is 1640. The molecule has 232 valence electrons. The molecule has 2 aliphatic rings. The molecule has 0 radical (unpaired) electrons. The van der Waals surface area contributed by atoms with E-state index in [1.807, 2.05) is 6.92 Å². The lowest BCUT2D eigenvalue weighted by atomic mass is 9.85. The molecule has 43 heavy (non-hydrogen) atoms. The van der Waals surface area contributed by atoms with Gasteiger partial charge in [0, 0.05) is 38.7 Å². The highest BCUT2D eigenvalue weighted by atomic mass is 32.1. The number of nitrogens with zero attached hydrogens (tertiary/aromatic N) is 5.